The molecule has 122 valence electrons. The highest BCUT2D eigenvalue weighted by Gasteiger charge is 2.34. The van der Waals surface area contributed by atoms with Crippen LogP contribution < -0.4 is 5.32 Å². The van der Waals surface area contributed by atoms with Gasteiger partial charge in [-0.15, -0.1) is 11.3 Å². The number of aromatic nitrogens is 1. The first kappa shape index (κ1) is 18.6. The van der Waals surface area contributed by atoms with E-state index in [0.717, 1.165) is 24.4 Å². The number of thiazole rings is 1. The molecular weight excluding hydrogens is 280 g/mol. The molecule has 0 aliphatic heterocycles. The lowest BCUT2D eigenvalue weighted by Gasteiger charge is -2.27. The normalized spacial score (nSPS) is 13.2. The van der Waals surface area contributed by atoms with E-state index in [4.69, 9.17) is 9.72 Å². The first-order valence-electron chi connectivity index (χ1n) is 7.99. The summed E-state index contributed by atoms with van der Waals surface area (Å²) < 4.78 is 5.86. The second-order valence-electron chi connectivity index (χ2n) is 6.98. The molecule has 21 heavy (non-hydrogen) atoms. The minimum Gasteiger partial charge on any atom is -0.371 e. The van der Waals surface area contributed by atoms with Gasteiger partial charge in [0.2, 0.25) is 0 Å². The highest BCUT2D eigenvalue weighted by atomic mass is 32.1. The standard InChI is InChI=1S/C17H32N2OS/c1-9-17(10-2,20-8)15-19-14(16(5,6)7)13(21-15)11-18-12(3)4/h12,18H,9-11H2,1-8H3. The zero-order chi connectivity index (χ0) is 16.3. The number of hydrogen-bond acceptors (Lipinski definition) is 4. The van der Waals surface area contributed by atoms with Gasteiger partial charge in [0.05, 0.1) is 5.69 Å². The molecule has 0 saturated carbocycles. The summed E-state index contributed by atoms with van der Waals surface area (Å²) in [6, 6.07) is 0.480. The van der Waals surface area contributed by atoms with Crippen LogP contribution >= 0.6 is 11.3 Å². The van der Waals surface area contributed by atoms with Crippen molar-refractivity contribution in [1.82, 2.24) is 10.3 Å². The van der Waals surface area contributed by atoms with E-state index in [1.807, 2.05) is 11.3 Å². The summed E-state index contributed by atoms with van der Waals surface area (Å²) in [5.41, 5.74) is 1.03. The Morgan fingerprint density at radius 1 is 1.19 bits per heavy atom. The van der Waals surface area contributed by atoms with Crippen LogP contribution in [0.4, 0.5) is 0 Å². The molecule has 1 rings (SSSR count). The van der Waals surface area contributed by atoms with Crippen molar-refractivity contribution < 1.29 is 4.74 Å². The number of nitrogens with one attached hydrogen (secondary N) is 1. The van der Waals surface area contributed by atoms with Gasteiger partial charge in [0.15, 0.2) is 0 Å². The Kier molecular flexibility index (Phi) is 6.38. The van der Waals surface area contributed by atoms with Crippen LogP contribution in [-0.4, -0.2) is 18.1 Å². The molecule has 0 atom stereocenters. The topological polar surface area (TPSA) is 34.1 Å². The third-order valence-corrected chi connectivity index (χ3v) is 5.24. The highest BCUT2D eigenvalue weighted by molar-refractivity contribution is 7.11. The fraction of sp³-hybridized carbons (Fsp3) is 0.824. The van der Waals surface area contributed by atoms with Crippen molar-refractivity contribution in [3.05, 3.63) is 15.6 Å². The quantitative estimate of drug-likeness (QED) is 0.799. The van der Waals surface area contributed by atoms with Gasteiger partial charge in [-0.1, -0.05) is 48.5 Å². The first-order valence-corrected chi connectivity index (χ1v) is 8.81. The van der Waals surface area contributed by atoms with Crippen LogP contribution in [0, 0.1) is 0 Å². The molecule has 0 unspecified atom stereocenters. The minimum atomic E-state index is -0.235. The van der Waals surface area contributed by atoms with E-state index in [1.54, 1.807) is 7.11 Å². The molecule has 1 N–H and O–H groups in total. The van der Waals surface area contributed by atoms with E-state index in [0.29, 0.717) is 6.04 Å². The predicted octanol–water partition coefficient (Wildman–Crippen LogP) is 4.60. The number of rotatable bonds is 7. The molecule has 0 bridgehead atoms. The van der Waals surface area contributed by atoms with Crippen LogP contribution in [0.25, 0.3) is 0 Å². The Labute approximate surface area is 134 Å². The molecule has 0 aromatic carbocycles. The van der Waals surface area contributed by atoms with E-state index in [9.17, 15) is 0 Å². The van der Waals surface area contributed by atoms with Gasteiger partial charge in [-0.25, -0.2) is 4.98 Å². The van der Waals surface area contributed by atoms with Crippen LogP contribution in [0.3, 0.4) is 0 Å². The molecule has 0 aliphatic carbocycles. The summed E-state index contributed by atoms with van der Waals surface area (Å²) >= 11 is 1.81. The van der Waals surface area contributed by atoms with Gasteiger partial charge < -0.3 is 10.1 Å². The van der Waals surface area contributed by atoms with Crippen LogP contribution in [0.2, 0.25) is 0 Å². The summed E-state index contributed by atoms with van der Waals surface area (Å²) in [6.07, 6.45) is 1.91. The van der Waals surface area contributed by atoms with Crippen molar-refractivity contribution in [2.45, 2.75) is 84.9 Å². The third-order valence-electron chi connectivity index (χ3n) is 4.00. The van der Waals surface area contributed by atoms with Crippen molar-refractivity contribution in [2.75, 3.05) is 7.11 Å². The molecule has 4 heteroatoms. The van der Waals surface area contributed by atoms with Gasteiger partial charge in [0, 0.05) is 30.0 Å². The number of hydrogen-bond donors (Lipinski definition) is 1. The zero-order valence-corrected chi connectivity index (χ0v) is 15.8. The molecule has 0 amide bonds. The lowest BCUT2D eigenvalue weighted by Crippen LogP contribution is -2.27. The molecule has 0 saturated heterocycles. The van der Waals surface area contributed by atoms with E-state index < -0.39 is 0 Å². The first-order chi connectivity index (χ1) is 9.70. The summed E-state index contributed by atoms with van der Waals surface area (Å²) in [5, 5.41) is 4.65. The van der Waals surface area contributed by atoms with Crippen molar-refractivity contribution in [1.29, 1.82) is 0 Å². The Bertz CT molecular complexity index is 434. The van der Waals surface area contributed by atoms with Crippen molar-refractivity contribution >= 4 is 11.3 Å². The second kappa shape index (κ2) is 7.21. The lowest BCUT2D eigenvalue weighted by atomic mass is 9.91. The van der Waals surface area contributed by atoms with Crippen LogP contribution in [-0.2, 0) is 22.3 Å². The van der Waals surface area contributed by atoms with Gasteiger partial charge in [-0.2, -0.15) is 0 Å². The number of methoxy groups -OCH3 is 1. The van der Waals surface area contributed by atoms with E-state index in [1.165, 1.54) is 10.6 Å². The molecule has 1 aromatic heterocycles. The summed E-state index contributed by atoms with van der Waals surface area (Å²) in [4.78, 5) is 6.34. The average Bonchev–Trinajstić information content (AvgIpc) is 2.84. The Hall–Kier alpha value is -0.450. The number of nitrogens with zero attached hydrogens (tertiary/aromatic N) is 1. The molecule has 1 aromatic rings. The molecule has 0 aliphatic rings. The van der Waals surface area contributed by atoms with Crippen molar-refractivity contribution in [3.63, 3.8) is 0 Å². The van der Waals surface area contributed by atoms with Crippen LogP contribution in [0.15, 0.2) is 0 Å². The van der Waals surface area contributed by atoms with E-state index in [2.05, 4.69) is 53.8 Å². The maximum absolute atomic E-state index is 5.86. The van der Waals surface area contributed by atoms with Crippen LogP contribution in [0.5, 0.6) is 0 Å². The monoisotopic (exact) mass is 312 g/mol. The fourth-order valence-electron chi connectivity index (χ4n) is 2.48. The van der Waals surface area contributed by atoms with Gasteiger partial charge in [0.25, 0.3) is 0 Å². The average molecular weight is 313 g/mol. The molecule has 3 nitrogen and oxygen atoms in total. The highest BCUT2D eigenvalue weighted by Crippen LogP contribution is 2.39. The minimum absolute atomic E-state index is 0.0592. The largest absolute Gasteiger partial charge is 0.371 e. The predicted molar refractivity (Wildman–Crippen MR) is 92.1 cm³/mol. The third kappa shape index (κ3) is 4.27. The Morgan fingerprint density at radius 3 is 2.14 bits per heavy atom. The molecular formula is C17H32N2OS. The zero-order valence-electron chi connectivity index (χ0n) is 15.0. The van der Waals surface area contributed by atoms with Crippen LogP contribution in [0.1, 0.15) is 76.9 Å². The molecule has 0 spiro atoms. The Morgan fingerprint density at radius 2 is 1.76 bits per heavy atom. The van der Waals surface area contributed by atoms with Gasteiger partial charge in [-0.05, 0) is 12.8 Å². The SMILES string of the molecule is CCC(CC)(OC)c1nc(C(C)(C)C)c(CNC(C)C)s1. The van der Waals surface area contributed by atoms with Gasteiger partial charge in [0.1, 0.15) is 10.6 Å². The van der Waals surface area contributed by atoms with Crippen molar-refractivity contribution in [2.24, 2.45) is 0 Å². The summed E-state index contributed by atoms with van der Waals surface area (Å²) in [5.74, 6) is 0. The second-order valence-corrected chi connectivity index (χ2v) is 8.07. The maximum Gasteiger partial charge on any atom is 0.125 e. The number of ether oxygens (including phenoxy) is 1. The van der Waals surface area contributed by atoms with Crippen molar-refractivity contribution in [3.8, 4) is 0 Å². The Balaban J connectivity index is 3.25. The summed E-state index contributed by atoms with van der Waals surface area (Å²) in [7, 11) is 1.80. The van der Waals surface area contributed by atoms with E-state index in [-0.39, 0.29) is 11.0 Å². The molecule has 0 fully saturated rings. The smallest absolute Gasteiger partial charge is 0.125 e. The van der Waals surface area contributed by atoms with E-state index >= 15 is 0 Å². The van der Waals surface area contributed by atoms with Gasteiger partial charge >= 0.3 is 0 Å². The fourth-order valence-corrected chi connectivity index (χ4v) is 4.01. The molecule has 0 radical (unpaired) electrons. The van der Waals surface area contributed by atoms with Gasteiger partial charge in [-0.3, -0.25) is 0 Å². The lowest BCUT2D eigenvalue weighted by molar-refractivity contribution is -0.0220. The maximum atomic E-state index is 5.86. The summed E-state index contributed by atoms with van der Waals surface area (Å²) in [6.45, 7) is 16.3. The molecule has 1 heterocycles.